The number of aromatic nitrogens is 1. The molecule has 0 radical (unpaired) electrons. The van der Waals surface area contributed by atoms with Gasteiger partial charge in [0.2, 0.25) is 5.56 Å². The minimum atomic E-state index is -1.61. The second kappa shape index (κ2) is 4.32. The Morgan fingerprint density at radius 1 is 1.50 bits per heavy atom. The molecule has 5 nitrogen and oxygen atoms in total. The van der Waals surface area contributed by atoms with E-state index in [0.29, 0.717) is 5.56 Å². The van der Waals surface area contributed by atoms with E-state index in [0.717, 1.165) is 0 Å². The summed E-state index contributed by atoms with van der Waals surface area (Å²) in [6, 6.07) is 2.69. The van der Waals surface area contributed by atoms with Crippen molar-refractivity contribution in [1.29, 1.82) is 0 Å². The van der Waals surface area contributed by atoms with Crippen LogP contribution < -0.4 is 5.56 Å². The molecule has 0 aliphatic carbocycles. The van der Waals surface area contributed by atoms with Crippen molar-refractivity contribution < 1.29 is 19.3 Å². The lowest BCUT2D eigenvalue weighted by Gasteiger charge is -2.12. The normalized spacial score (nSPS) is 34.2. The third-order valence-electron chi connectivity index (χ3n) is 2.63. The molecule has 1 saturated heterocycles. The summed E-state index contributed by atoms with van der Waals surface area (Å²) in [6.07, 6.45) is -3.49. The van der Waals surface area contributed by atoms with Gasteiger partial charge in [-0.3, -0.25) is 4.79 Å². The molecule has 6 heteroatoms. The molecule has 0 saturated carbocycles. The summed E-state index contributed by atoms with van der Waals surface area (Å²) in [5, 5.41) is 18.3. The number of aliphatic hydroxyl groups excluding tert-OH is 2. The molecule has 0 amide bonds. The maximum absolute atomic E-state index is 13.6. The first-order chi connectivity index (χ1) is 7.63. The fourth-order valence-electron chi connectivity index (χ4n) is 1.74. The predicted octanol–water partition coefficient (Wildman–Crippen LogP) is -0.494. The SMILES string of the molecule is O=c1ccc(C2OC(CO)C(O)C2F)c[nH]1. The second-order valence-electron chi connectivity index (χ2n) is 3.70. The molecular formula is C10H12FNO4. The smallest absolute Gasteiger partial charge is 0.247 e. The summed E-state index contributed by atoms with van der Waals surface area (Å²) in [4.78, 5) is 13.2. The van der Waals surface area contributed by atoms with Crippen molar-refractivity contribution in [2.45, 2.75) is 24.5 Å². The minimum Gasteiger partial charge on any atom is -0.394 e. The van der Waals surface area contributed by atoms with E-state index in [1.165, 1.54) is 18.3 Å². The highest BCUT2D eigenvalue weighted by Crippen LogP contribution is 2.34. The Balaban J connectivity index is 2.22. The first-order valence-electron chi connectivity index (χ1n) is 4.90. The molecule has 1 fully saturated rings. The van der Waals surface area contributed by atoms with Gasteiger partial charge < -0.3 is 19.9 Å². The number of alkyl halides is 1. The van der Waals surface area contributed by atoms with E-state index in [4.69, 9.17) is 9.84 Å². The largest absolute Gasteiger partial charge is 0.394 e. The maximum Gasteiger partial charge on any atom is 0.247 e. The van der Waals surface area contributed by atoms with E-state index in [-0.39, 0.29) is 5.56 Å². The van der Waals surface area contributed by atoms with E-state index in [9.17, 15) is 14.3 Å². The van der Waals surface area contributed by atoms with Crippen molar-refractivity contribution in [3.63, 3.8) is 0 Å². The summed E-state index contributed by atoms with van der Waals surface area (Å²) in [7, 11) is 0. The summed E-state index contributed by atoms with van der Waals surface area (Å²) in [5.41, 5.74) is 0.138. The summed E-state index contributed by atoms with van der Waals surface area (Å²) >= 11 is 0. The zero-order valence-electron chi connectivity index (χ0n) is 8.34. The van der Waals surface area contributed by atoms with Crippen molar-refractivity contribution in [3.8, 4) is 0 Å². The van der Waals surface area contributed by atoms with Gasteiger partial charge in [0.1, 0.15) is 18.3 Å². The van der Waals surface area contributed by atoms with E-state index in [1.54, 1.807) is 0 Å². The molecule has 16 heavy (non-hydrogen) atoms. The Morgan fingerprint density at radius 2 is 2.25 bits per heavy atom. The molecule has 0 spiro atoms. The van der Waals surface area contributed by atoms with Crippen LogP contribution in [-0.4, -0.2) is 40.2 Å². The Hall–Kier alpha value is -1.24. The fraction of sp³-hybridized carbons (Fsp3) is 0.500. The molecule has 3 N–H and O–H groups in total. The van der Waals surface area contributed by atoms with Gasteiger partial charge in [-0.05, 0) is 6.07 Å². The molecule has 88 valence electrons. The molecule has 0 bridgehead atoms. The van der Waals surface area contributed by atoms with Crippen LogP contribution in [0.4, 0.5) is 4.39 Å². The van der Waals surface area contributed by atoms with Crippen molar-refractivity contribution >= 4 is 0 Å². The van der Waals surface area contributed by atoms with Crippen LogP contribution in [0.5, 0.6) is 0 Å². The molecule has 4 unspecified atom stereocenters. The molecule has 4 atom stereocenters. The van der Waals surface area contributed by atoms with Gasteiger partial charge in [0.15, 0.2) is 6.17 Å². The quantitative estimate of drug-likeness (QED) is 0.639. The first-order valence-corrected chi connectivity index (χ1v) is 4.90. The summed E-state index contributed by atoms with van der Waals surface area (Å²) in [5.74, 6) is 0. The molecule has 1 aromatic heterocycles. The number of aliphatic hydroxyl groups is 2. The van der Waals surface area contributed by atoms with Gasteiger partial charge in [-0.2, -0.15) is 0 Å². The van der Waals surface area contributed by atoms with Crippen LogP contribution in [0.15, 0.2) is 23.1 Å². The van der Waals surface area contributed by atoms with Crippen LogP contribution in [0.25, 0.3) is 0 Å². The molecule has 1 aromatic rings. The number of aromatic amines is 1. The molecular weight excluding hydrogens is 217 g/mol. The number of nitrogens with one attached hydrogen (secondary N) is 1. The summed E-state index contributed by atoms with van der Waals surface area (Å²) in [6.45, 7) is -0.443. The lowest BCUT2D eigenvalue weighted by molar-refractivity contribution is -0.0227. The minimum absolute atomic E-state index is 0.295. The van der Waals surface area contributed by atoms with Crippen LogP contribution in [0.1, 0.15) is 11.7 Å². The van der Waals surface area contributed by atoms with Crippen LogP contribution in [0.3, 0.4) is 0 Å². The number of hydrogen-bond donors (Lipinski definition) is 3. The van der Waals surface area contributed by atoms with Crippen molar-refractivity contribution in [1.82, 2.24) is 4.98 Å². The van der Waals surface area contributed by atoms with Gasteiger partial charge in [-0.1, -0.05) is 0 Å². The highest BCUT2D eigenvalue weighted by molar-refractivity contribution is 5.16. The summed E-state index contributed by atoms with van der Waals surface area (Å²) < 4.78 is 18.8. The molecule has 2 heterocycles. The van der Waals surface area contributed by atoms with Gasteiger partial charge >= 0.3 is 0 Å². The van der Waals surface area contributed by atoms with Crippen LogP contribution >= 0.6 is 0 Å². The van der Waals surface area contributed by atoms with E-state index >= 15 is 0 Å². The number of pyridine rings is 1. The highest BCUT2D eigenvalue weighted by atomic mass is 19.1. The molecule has 1 aliphatic rings. The predicted molar refractivity (Wildman–Crippen MR) is 52.7 cm³/mol. The van der Waals surface area contributed by atoms with E-state index in [2.05, 4.69) is 4.98 Å². The maximum atomic E-state index is 13.6. The monoisotopic (exact) mass is 229 g/mol. The lowest BCUT2D eigenvalue weighted by Crippen LogP contribution is -2.30. The van der Waals surface area contributed by atoms with Gasteiger partial charge in [0, 0.05) is 17.8 Å². The highest BCUT2D eigenvalue weighted by Gasteiger charge is 2.44. The van der Waals surface area contributed by atoms with Crippen molar-refractivity contribution in [2.75, 3.05) is 6.61 Å². The number of halogens is 1. The lowest BCUT2D eigenvalue weighted by atomic mass is 10.0. The average Bonchev–Trinajstić information content (AvgIpc) is 2.57. The fourth-order valence-corrected chi connectivity index (χ4v) is 1.74. The molecule has 0 aromatic carbocycles. The van der Waals surface area contributed by atoms with Gasteiger partial charge in [-0.25, -0.2) is 4.39 Å². The Kier molecular flexibility index (Phi) is 3.04. The van der Waals surface area contributed by atoms with E-state index in [1.807, 2.05) is 0 Å². The second-order valence-corrected chi connectivity index (χ2v) is 3.70. The zero-order valence-corrected chi connectivity index (χ0v) is 8.34. The number of H-pyrrole nitrogens is 1. The Morgan fingerprint density at radius 3 is 2.75 bits per heavy atom. The van der Waals surface area contributed by atoms with Crippen LogP contribution in [0.2, 0.25) is 0 Å². The third-order valence-corrected chi connectivity index (χ3v) is 2.63. The van der Waals surface area contributed by atoms with Crippen LogP contribution in [0, 0.1) is 0 Å². The molecule has 2 rings (SSSR count). The number of hydrogen-bond acceptors (Lipinski definition) is 4. The Labute approximate surface area is 90.5 Å². The third kappa shape index (κ3) is 1.87. The van der Waals surface area contributed by atoms with Gasteiger partial charge in [0.25, 0.3) is 0 Å². The first kappa shape index (κ1) is 11.3. The van der Waals surface area contributed by atoms with Crippen molar-refractivity contribution in [2.24, 2.45) is 0 Å². The zero-order chi connectivity index (χ0) is 11.7. The molecule has 1 aliphatic heterocycles. The number of rotatable bonds is 2. The standard InChI is InChI=1S/C10H12FNO4/c11-8-9(15)6(4-13)16-10(8)5-1-2-7(14)12-3-5/h1-3,6,8-10,13,15H,4H2,(H,12,14). The Bertz CT molecular complexity index is 401. The van der Waals surface area contributed by atoms with E-state index < -0.39 is 31.1 Å². The topological polar surface area (TPSA) is 82.6 Å². The van der Waals surface area contributed by atoms with Crippen molar-refractivity contribution in [3.05, 3.63) is 34.2 Å². The van der Waals surface area contributed by atoms with Gasteiger partial charge in [0.05, 0.1) is 6.61 Å². The van der Waals surface area contributed by atoms with Crippen LogP contribution in [-0.2, 0) is 4.74 Å². The number of ether oxygens (including phenoxy) is 1. The average molecular weight is 229 g/mol. The van der Waals surface area contributed by atoms with Gasteiger partial charge in [-0.15, -0.1) is 0 Å².